The van der Waals surface area contributed by atoms with Crippen molar-refractivity contribution in [2.75, 3.05) is 12.0 Å². The number of carbonyl (C=O) groups excluding carboxylic acids is 1. The molecule has 0 saturated carbocycles. The summed E-state index contributed by atoms with van der Waals surface area (Å²) in [5, 5.41) is 14.9. The maximum Gasteiger partial charge on any atom is 0.234 e. The van der Waals surface area contributed by atoms with Gasteiger partial charge in [0.2, 0.25) is 5.91 Å². The molecule has 0 saturated heterocycles. The third-order valence-corrected chi connectivity index (χ3v) is 7.11. The molecule has 5 rings (SSSR count). The van der Waals surface area contributed by atoms with Crippen LogP contribution in [0.5, 0.6) is 11.5 Å². The summed E-state index contributed by atoms with van der Waals surface area (Å²) < 4.78 is 7.01. The highest BCUT2D eigenvalue weighted by Crippen LogP contribution is 2.38. The lowest BCUT2D eigenvalue weighted by Crippen LogP contribution is -2.36. The van der Waals surface area contributed by atoms with E-state index in [0.717, 1.165) is 53.0 Å². The first kappa shape index (κ1) is 25.4. The van der Waals surface area contributed by atoms with Gasteiger partial charge < -0.3 is 14.7 Å². The fourth-order valence-electron chi connectivity index (χ4n) is 5.02. The van der Waals surface area contributed by atoms with Gasteiger partial charge in [0.25, 0.3) is 0 Å². The number of anilines is 1. The Morgan fingerprint density at radius 1 is 1.13 bits per heavy atom. The summed E-state index contributed by atoms with van der Waals surface area (Å²) in [6, 6.07) is 13.2. The molecule has 1 aliphatic carbocycles. The van der Waals surface area contributed by atoms with Crippen LogP contribution in [0.2, 0.25) is 0 Å². The monoisotopic (exact) mass is 511 g/mol. The molecule has 8 heteroatoms. The van der Waals surface area contributed by atoms with Gasteiger partial charge in [-0.25, -0.2) is 0 Å². The molecule has 4 aromatic rings. The average Bonchev–Trinajstić information content (AvgIpc) is 3.38. The fraction of sp³-hybridized carbons (Fsp3) is 0.333. The molecule has 0 aliphatic heterocycles. The van der Waals surface area contributed by atoms with Crippen LogP contribution < -0.4 is 9.64 Å². The molecule has 3 aromatic heterocycles. The van der Waals surface area contributed by atoms with E-state index in [4.69, 9.17) is 4.74 Å². The number of hydrogen-bond donors (Lipinski definition) is 1. The third-order valence-electron chi connectivity index (χ3n) is 7.11. The number of hydrogen-bond acceptors (Lipinski definition) is 6. The number of benzene rings is 1. The van der Waals surface area contributed by atoms with Gasteiger partial charge in [0.1, 0.15) is 11.5 Å². The van der Waals surface area contributed by atoms with E-state index in [1.165, 1.54) is 0 Å². The Kier molecular flexibility index (Phi) is 7.40. The van der Waals surface area contributed by atoms with Crippen LogP contribution in [0.3, 0.4) is 0 Å². The second-order valence-electron chi connectivity index (χ2n) is 10.0. The summed E-state index contributed by atoms with van der Waals surface area (Å²) >= 11 is 0. The molecule has 1 aromatic carbocycles. The van der Waals surface area contributed by atoms with Crippen LogP contribution >= 0.6 is 0 Å². The van der Waals surface area contributed by atoms with Crippen LogP contribution in [0.1, 0.15) is 66.6 Å². The van der Waals surface area contributed by atoms with Crippen LogP contribution in [0.15, 0.2) is 67.3 Å². The number of fused-ring (bicyclic) bond motifs is 1. The van der Waals surface area contributed by atoms with Crippen molar-refractivity contribution in [2.24, 2.45) is 0 Å². The zero-order valence-electron chi connectivity index (χ0n) is 22.0. The second kappa shape index (κ2) is 11.0. The van der Waals surface area contributed by atoms with Crippen LogP contribution in [0, 0.1) is 0 Å². The molecule has 1 atom stereocenters. The smallest absolute Gasteiger partial charge is 0.234 e. The largest absolute Gasteiger partial charge is 0.508 e. The SMILES string of the molecule is COc1ccc(Cn2cc(CN(C(=O)C3CCCc4c(O)cccc43)c3ccc(C(C)C)nc3)cn2)nc1. The molecule has 1 N–H and O–H groups in total. The highest BCUT2D eigenvalue weighted by molar-refractivity contribution is 5.98. The van der Waals surface area contributed by atoms with Crippen molar-refractivity contribution in [3.05, 3.63) is 95.3 Å². The van der Waals surface area contributed by atoms with E-state index in [1.807, 2.05) is 47.3 Å². The van der Waals surface area contributed by atoms with Gasteiger partial charge in [0.05, 0.1) is 56.1 Å². The third kappa shape index (κ3) is 5.39. The van der Waals surface area contributed by atoms with Crippen molar-refractivity contribution in [1.29, 1.82) is 0 Å². The van der Waals surface area contributed by atoms with Crippen molar-refractivity contribution in [3.63, 3.8) is 0 Å². The van der Waals surface area contributed by atoms with Gasteiger partial charge in [-0.15, -0.1) is 0 Å². The van der Waals surface area contributed by atoms with E-state index in [0.29, 0.717) is 24.8 Å². The van der Waals surface area contributed by atoms with E-state index in [2.05, 4.69) is 28.9 Å². The van der Waals surface area contributed by atoms with Crippen LogP contribution in [-0.2, 0) is 24.3 Å². The fourth-order valence-corrected chi connectivity index (χ4v) is 5.02. The Hall–Kier alpha value is -4.20. The molecule has 38 heavy (non-hydrogen) atoms. The number of rotatable bonds is 8. The standard InChI is InChI=1S/C30H33N5O3/c1-20(2)28-13-11-23(15-32-28)35(30(37)27-8-4-7-26-25(27)6-5-9-29(26)36)18-21-14-33-34(17-21)19-22-10-12-24(38-3)16-31-22/h5-6,9-17,20,27,36H,4,7-8,18-19H2,1-3H3. The number of amides is 1. The van der Waals surface area contributed by atoms with Gasteiger partial charge in [-0.3, -0.25) is 19.4 Å². The minimum absolute atomic E-state index is 0.000202. The molecule has 3 heterocycles. The van der Waals surface area contributed by atoms with Gasteiger partial charge in [0.15, 0.2) is 0 Å². The normalized spacial score (nSPS) is 14.8. The van der Waals surface area contributed by atoms with Crippen LogP contribution in [-0.4, -0.2) is 37.9 Å². The maximum atomic E-state index is 14.1. The maximum absolute atomic E-state index is 14.1. The van der Waals surface area contributed by atoms with Crippen LogP contribution in [0.25, 0.3) is 0 Å². The number of nitrogens with zero attached hydrogens (tertiary/aromatic N) is 5. The number of pyridine rings is 2. The lowest BCUT2D eigenvalue weighted by atomic mass is 9.81. The minimum atomic E-state index is -0.325. The summed E-state index contributed by atoms with van der Waals surface area (Å²) in [7, 11) is 1.62. The van der Waals surface area contributed by atoms with Crippen LogP contribution in [0.4, 0.5) is 5.69 Å². The van der Waals surface area contributed by atoms with E-state index in [1.54, 1.807) is 36.7 Å². The first-order valence-corrected chi connectivity index (χ1v) is 13.0. The first-order chi connectivity index (χ1) is 18.4. The van der Waals surface area contributed by atoms with Crippen molar-refractivity contribution in [1.82, 2.24) is 19.7 Å². The molecular weight excluding hydrogens is 478 g/mol. The Bertz CT molecular complexity index is 1400. The highest BCUT2D eigenvalue weighted by atomic mass is 16.5. The van der Waals surface area contributed by atoms with Gasteiger partial charge in [-0.05, 0) is 66.6 Å². The number of carbonyl (C=O) groups is 1. The topological polar surface area (TPSA) is 93.4 Å². The Balaban J connectivity index is 1.42. The van der Waals surface area contributed by atoms with E-state index >= 15 is 0 Å². The quantitative estimate of drug-likeness (QED) is 0.349. The molecule has 196 valence electrons. The molecule has 8 nitrogen and oxygen atoms in total. The number of aromatic nitrogens is 4. The number of phenols is 1. The highest BCUT2D eigenvalue weighted by Gasteiger charge is 2.32. The predicted octanol–water partition coefficient (Wildman–Crippen LogP) is 5.21. The number of methoxy groups -OCH3 is 1. The van der Waals surface area contributed by atoms with Gasteiger partial charge in [0, 0.05) is 17.5 Å². The van der Waals surface area contributed by atoms with Crippen molar-refractivity contribution in [3.8, 4) is 11.5 Å². The second-order valence-corrected chi connectivity index (χ2v) is 10.0. The van der Waals surface area contributed by atoms with Crippen molar-refractivity contribution < 1.29 is 14.6 Å². The Labute approximate surface area is 222 Å². The van der Waals surface area contributed by atoms with Crippen molar-refractivity contribution >= 4 is 11.6 Å². The number of phenolic OH excluding ortho intramolecular Hbond substituents is 1. The molecule has 0 radical (unpaired) electrons. The predicted molar refractivity (Wildman–Crippen MR) is 145 cm³/mol. The van der Waals surface area contributed by atoms with Gasteiger partial charge in [-0.1, -0.05) is 26.0 Å². The lowest BCUT2D eigenvalue weighted by molar-refractivity contribution is -0.120. The molecule has 0 spiro atoms. The average molecular weight is 512 g/mol. The summed E-state index contributed by atoms with van der Waals surface area (Å²) in [6.45, 7) is 5.07. The van der Waals surface area contributed by atoms with Crippen molar-refractivity contribution in [2.45, 2.75) is 58.0 Å². The van der Waals surface area contributed by atoms with E-state index in [9.17, 15) is 9.90 Å². The summed E-state index contributed by atoms with van der Waals surface area (Å²) in [6.07, 6.45) is 9.59. The Morgan fingerprint density at radius 2 is 2.00 bits per heavy atom. The minimum Gasteiger partial charge on any atom is -0.508 e. The summed E-state index contributed by atoms with van der Waals surface area (Å²) in [5.41, 5.74) is 5.29. The molecule has 1 amide bonds. The number of ether oxygens (including phenoxy) is 1. The first-order valence-electron chi connectivity index (χ1n) is 13.0. The molecule has 0 bridgehead atoms. The van der Waals surface area contributed by atoms with Gasteiger partial charge in [-0.2, -0.15) is 5.10 Å². The summed E-state index contributed by atoms with van der Waals surface area (Å²) in [4.78, 5) is 25.0. The summed E-state index contributed by atoms with van der Waals surface area (Å²) in [5.74, 6) is 0.947. The zero-order chi connectivity index (χ0) is 26.6. The van der Waals surface area contributed by atoms with Gasteiger partial charge >= 0.3 is 0 Å². The molecule has 1 aliphatic rings. The van der Waals surface area contributed by atoms with E-state index in [-0.39, 0.29) is 17.6 Å². The zero-order valence-corrected chi connectivity index (χ0v) is 22.0. The molecule has 1 unspecified atom stereocenters. The molecular formula is C30H33N5O3. The lowest BCUT2D eigenvalue weighted by Gasteiger charge is -2.31. The van der Waals surface area contributed by atoms with E-state index < -0.39 is 0 Å². The molecule has 0 fully saturated rings. The Morgan fingerprint density at radius 3 is 2.71 bits per heavy atom. The number of aromatic hydroxyl groups is 1.